The van der Waals surface area contributed by atoms with Gasteiger partial charge in [-0.05, 0) is 31.0 Å². The van der Waals surface area contributed by atoms with Gasteiger partial charge in [0, 0.05) is 11.7 Å². The highest BCUT2D eigenvalue weighted by Gasteiger charge is 2.09. The fourth-order valence-corrected chi connectivity index (χ4v) is 2.72. The van der Waals surface area contributed by atoms with Crippen LogP contribution in [0.4, 0.5) is 5.69 Å². The van der Waals surface area contributed by atoms with Crippen LogP contribution in [-0.2, 0) is 0 Å². The molecular weight excluding hydrogens is 280 g/mol. The van der Waals surface area contributed by atoms with Crippen LogP contribution in [0.5, 0.6) is 0 Å². The van der Waals surface area contributed by atoms with Gasteiger partial charge in [-0.1, -0.05) is 64.0 Å². The number of nitrogens with one attached hydrogen (secondary N) is 1. The molecule has 0 radical (unpaired) electrons. The van der Waals surface area contributed by atoms with Crippen LogP contribution in [0, 0.1) is 11.3 Å². The van der Waals surface area contributed by atoms with Gasteiger partial charge in [0.1, 0.15) is 6.07 Å². The van der Waals surface area contributed by atoms with Crippen molar-refractivity contribution in [3.05, 3.63) is 28.8 Å². The summed E-state index contributed by atoms with van der Waals surface area (Å²) in [6.45, 7) is 4.47. The monoisotopic (exact) mass is 306 g/mol. The molecule has 0 unspecified atom stereocenters. The lowest BCUT2D eigenvalue weighted by atomic mass is 10.0. The molecule has 0 amide bonds. The van der Waals surface area contributed by atoms with Gasteiger partial charge in [-0.3, -0.25) is 0 Å². The van der Waals surface area contributed by atoms with Gasteiger partial charge in [0.25, 0.3) is 0 Å². The molecule has 0 atom stereocenters. The Hall–Kier alpha value is -1.20. The maximum atomic E-state index is 8.92. The number of anilines is 1. The molecule has 0 fully saturated rings. The van der Waals surface area contributed by atoms with E-state index < -0.39 is 0 Å². The van der Waals surface area contributed by atoms with Gasteiger partial charge in [0.15, 0.2) is 0 Å². The van der Waals surface area contributed by atoms with E-state index in [0.29, 0.717) is 16.6 Å². The van der Waals surface area contributed by atoms with E-state index in [1.165, 1.54) is 51.4 Å². The Morgan fingerprint density at radius 1 is 1.10 bits per heavy atom. The molecule has 0 spiro atoms. The molecule has 0 bridgehead atoms. The molecule has 0 aliphatic rings. The molecule has 0 saturated heterocycles. The molecule has 0 heterocycles. The number of rotatable bonds is 10. The first-order valence-electron chi connectivity index (χ1n) is 8.17. The Balaban J connectivity index is 2.61. The van der Waals surface area contributed by atoms with Gasteiger partial charge in [0.2, 0.25) is 0 Å². The second-order valence-corrected chi connectivity index (χ2v) is 6.05. The zero-order valence-corrected chi connectivity index (χ0v) is 14.0. The fraction of sp³-hybridized carbons (Fsp3) is 0.611. The van der Waals surface area contributed by atoms with E-state index in [1.54, 1.807) is 6.07 Å². The summed E-state index contributed by atoms with van der Waals surface area (Å²) in [5.74, 6) is 0. The van der Waals surface area contributed by atoms with Crippen molar-refractivity contribution in [2.24, 2.45) is 0 Å². The Bertz CT molecular complexity index is 441. The lowest BCUT2D eigenvalue weighted by molar-refractivity contribution is 0.526. The number of unbranched alkanes of at least 4 members (excludes halogenated alkanes) is 4. The third-order valence-electron chi connectivity index (χ3n) is 3.77. The third-order valence-corrected chi connectivity index (χ3v) is 4.09. The van der Waals surface area contributed by atoms with E-state index in [1.807, 2.05) is 12.1 Å². The summed E-state index contributed by atoms with van der Waals surface area (Å²) < 4.78 is 0. The van der Waals surface area contributed by atoms with Crippen molar-refractivity contribution in [2.45, 2.75) is 71.3 Å². The van der Waals surface area contributed by atoms with E-state index in [-0.39, 0.29) is 0 Å². The van der Waals surface area contributed by atoms with Crippen LogP contribution >= 0.6 is 11.6 Å². The Labute approximate surface area is 134 Å². The minimum atomic E-state index is 0.507. The minimum Gasteiger partial charge on any atom is -0.382 e. The summed E-state index contributed by atoms with van der Waals surface area (Å²) >= 11 is 6.10. The number of benzene rings is 1. The molecule has 0 aromatic heterocycles. The van der Waals surface area contributed by atoms with Crippen LogP contribution in [0.2, 0.25) is 5.02 Å². The number of hydrogen-bond acceptors (Lipinski definition) is 2. The largest absolute Gasteiger partial charge is 0.382 e. The zero-order chi connectivity index (χ0) is 15.5. The first-order chi connectivity index (χ1) is 10.2. The maximum Gasteiger partial charge on any atom is 0.101 e. The first-order valence-corrected chi connectivity index (χ1v) is 8.55. The van der Waals surface area contributed by atoms with Gasteiger partial charge in [-0.2, -0.15) is 5.26 Å². The Morgan fingerprint density at radius 2 is 1.71 bits per heavy atom. The van der Waals surface area contributed by atoms with E-state index in [2.05, 4.69) is 25.2 Å². The average Bonchev–Trinajstić information content (AvgIpc) is 2.48. The van der Waals surface area contributed by atoms with E-state index in [9.17, 15) is 0 Å². The topological polar surface area (TPSA) is 35.8 Å². The van der Waals surface area contributed by atoms with Crippen molar-refractivity contribution in [1.29, 1.82) is 5.26 Å². The van der Waals surface area contributed by atoms with Crippen molar-refractivity contribution in [3.8, 4) is 6.07 Å². The molecular formula is C18H27ClN2. The van der Waals surface area contributed by atoms with Gasteiger partial charge < -0.3 is 5.32 Å². The molecule has 1 aromatic rings. The molecule has 2 nitrogen and oxygen atoms in total. The summed E-state index contributed by atoms with van der Waals surface area (Å²) in [5, 5.41) is 13.0. The highest BCUT2D eigenvalue weighted by Crippen LogP contribution is 2.23. The molecule has 0 aliphatic carbocycles. The molecule has 0 aliphatic heterocycles. The summed E-state index contributed by atoms with van der Waals surface area (Å²) in [6.07, 6.45) is 10.0. The van der Waals surface area contributed by atoms with E-state index >= 15 is 0 Å². The van der Waals surface area contributed by atoms with Crippen LogP contribution in [-0.4, -0.2) is 6.04 Å². The molecule has 3 heteroatoms. The highest BCUT2D eigenvalue weighted by atomic mass is 35.5. The van der Waals surface area contributed by atoms with Crippen LogP contribution < -0.4 is 5.32 Å². The fourth-order valence-electron chi connectivity index (χ4n) is 2.50. The van der Waals surface area contributed by atoms with Crippen LogP contribution in [0.3, 0.4) is 0 Å². The summed E-state index contributed by atoms with van der Waals surface area (Å²) in [7, 11) is 0. The summed E-state index contributed by atoms with van der Waals surface area (Å²) in [6, 6.07) is 8.22. The predicted molar refractivity (Wildman–Crippen MR) is 91.9 cm³/mol. The number of hydrogen-bond donors (Lipinski definition) is 1. The van der Waals surface area contributed by atoms with E-state index in [0.717, 1.165) is 5.69 Å². The average molecular weight is 307 g/mol. The van der Waals surface area contributed by atoms with Crippen molar-refractivity contribution in [1.82, 2.24) is 0 Å². The smallest absolute Gasteiger partial charge is 0.101 e. The van der Waals surface area contributed by atoms with Crippen molar-refractivity contribution in [2.75, 3.05) is 5.32 Å². The van der Waals surface area contributed by atoms with Crippen LogP contribution in [0.15, 0.2) is 18.2 Å². The Kier molecular flexibility index (Phi) is 8.94. The van der Waals surface area contributed by atoms with Crippen molar-refractivity contribution in [3.63, 3.8) is 0 Å². The molecule has 1 N–H and O–H groups in total. The molecule has 1 rings (SSSR count). The number of halogens is 1. The predicted octanol–water partition coefficient (Wildman–Crippen LogP) is 6.15. The van der Waals surface area contributed by atoms with Gasteiger partial charge in [-0.25, -0.2) is 0 Å². The number of nitriles is 1. The molecule has 1 aromatic carbocycles. The molecule has 0 saturated carbocycles. The van der Waals surface area contributed by atoms with Gasteiger partial charge >= 0.3 is 0 Å². The quantitative estimate of drug-likeness (QED) is 0.526. The van der Waals surface area contributed by atoms with E-state index in [4.69, 9.17) is 16.9 Å². The summed E-state index contributed by atoms with van der Waals surface area (Å²) in [4.78, 5) is 0. The molecule has 116 valence electrons. The Morgan fingerprint density at radius 3 is 2.19 bits per heavy atom. The second kappa shape index (κ2) is 10.5. The molecule has 21 heavy (non-hydrogen) atoms. The van der Waals surface area contributed by atoms with Crippen molar-refractivity contribution >= 4 is 17.3 Å². The lowest BCUT2D eigenvalue weighted by Crippen LogP contribution is -2.19. The lowest BCUT2D eigenvalue weighted by Gasteiger charge is -2.20. The second-order valence-electron chi connectivity index (χ2n) is 5.64. The summed E-state index contributed by atoms with van der Waals surface area (Å²) in [5.41, 5.74) is 1.56. The zero-order valence-electron chi connectivity index (χ0n) is 13.3. The van der Waals surface area contributed by atoms with Crippen LogP contribution in [0.25, 0.3) is 0 Å². The number of nitrogens with zero attached hydrogens (tertiary/aromatic N) is 1. The first kappa shape index (κ1) is 17.9. The standard InChI is InChI=1S/C18H27ClN2/c1-3-5-7-9-16(10-8-6-4-2)21-17-12-11-15(14-20)18(19)13-17/h11-13,16,21H,3-10H2,1-2H3. The van der Waals surface area contributed by atoms with Crippen LogP contribution in [0.1, 0.15) is 70.8 Å². The highest BCUT2D eigenvalue weighted by molar-refractivity contribution is 6.32. The third kappa shape index (κ3) is 6.87. The van der Waals surface area contributed by atoms with Gasteiger partial charge in [-0.15, -0.1) is 0 Å². The van der Waals surface area contributed by atoms with Crippen molar-refractivity contribution < 1.29 is 0 Å². The SMILES string of the molecule is CCCCCC(CCCCC)Nc1ccc(C#N)c(Cl)c1. The normalized spacial score (nSPS) is 10.6. The van der Waals surface area contributed by atoms with Gasteiger partial charge in [0.05, 0.1) is 10.6 Å². The minimum absolute atomic E-state index is 0.507. The maximum absolute atomic E-state index is 8.92.